The second-order valence-electron chi connectivity index (χ2n) is 9.29. The minimum Gasteiger partial charge on any atom is -0.205 e. The molecule has 0 heterocycles. The SMILES string of the molecule is C/C=C/CCC1CCC(C2CCC(CCc3cc(F)c(C#N)c(F)c3)CC2)CC1. The van der Waals surface area contributed by atoms with Crippen molar-refractivity contribution in [2.45, 2.75) is 84.0 Å². The van der Waals surface area contributed by atoms with E-state index in [0.29, 0.717) is 17.9 Å². The van der Waals surface area contributed by atoms with Gasteiger partial charge in [0.15, 0.2) is 0 Å². The normalized spacial score (nSPS) is 27.8. The second kappa shape index (κ2) is 10.9. The summed E-state index contributed by atoms with van der Waals surface area (Å²) in [6.45, 7) is 2.11. The van der Waals surface area contributed by atoms with Crippen molar-refractivity contribution in [2.75, 3.05) is 0 Å². The number of allylic oxidation sites excluding steroid dienone is 2. The molecule has 0 radical (unpaired) electrons. The van der Waals surface area contributed by atoms with Gasteiger partial charge in [-0.1, -0.05) is 37.8 Å². The van der Waals surface area contributed by atoms with E-state index in [1.165, 1.54) is 76.3 Å². The summed E-state index contributed by atoms with van der Waals surface area (Å²) in [5.41, 5.74) is 0.211. The van der Waals surface area contributed by atoms with Crippen LogP contribution in [0.3, 0.4) is 0 Å². The zero-order valence-electron chi connectivity index (χ0n) is 17.8. The monoisotopic (exact) mass is 399 g/mol. The molecule has 0 spiro atoms. The first-order valence-electron chi connectivity index (χ1n) is 11.6. The van der Waals surface area contributed by atoms with Crippen LogP contribution in [-0.2, 0) is 6.42 Å². The van der Waals surface area contributed by atoms with Crippen LogP contribution in [0.5, 0.6) is 0 Å². The van der Waals surface area contributed by atoms with Gasteiger partial charge in [0.25, 0.3) is 0 Å². The summed E-state index contributed by atoms with van der Waals surface area (Å²) in [5.74, 6) is 1.97. The van der Waals surface area contributed by atoms with Gasteiger partial charge in [-0.05, 0) is 99.7 Å². The Hall–Kier alpha value is -1.69. The van der Waals surface area contributed by atoms with Gasteiger partial charge in [0.2, 0.25) is 0 Å². The van der Waals surface area contributed by atoms with E-state index in [1.54, 1.807) is 6.07 Å². The van der Waals surface area contributed by atoms with Crippen molar-refractivity contribution in [3.63, 3.8) is 0 Å². The molecule has 0 unspecified atom stereocenters. The molecule has 1 aromatic rings. The maximum absolute atomic E-state index is 13.8. The van der Waals surface area contributed by atoms with Gasteiger partial charge in [-0.2, -0.15) is 5.26 Å². The molecule has 2 aliphatic rings. The van der Waals surface area contributed by atoms with E-state index in [4.69, 9.17) is 5.26 Å². The van der Waals surface area contributed by atoms with Gasteiger partial charge < -0.3 is 0 Å². The highest BCUT2D eigenvalue weighted by Crippen LogP contribution is 2.43. The number of halogens is 2. The van der Waals surface area contributed by atoms with Gasteiger partial charge in [-0.25, -0.2) is 8.78 Å². The molecular weight excluding hydrogens is 364 g/mol. The molecule has 0 aliphatic heterocycles. The third kappa shape index (κ3) is 6.14. The zero-order chi connectivity index (χ0) is 20.6. The molecule has 29 heavy (non-hydrogen) atoms. The maximum atomic E-state index is 13.8. The Kier molecular flexibility index (Phi) is 8.28. The van der Waals surface area contributed by atoms with Crippen LogP contribution in [0.25, 0.3) is 0 Å². The lowest BCUT2D eigenvalue weighted by atomic mass is 9.68. The maximum Gasteiger partial charge on any atom is 0.144 e. The molecule has 0 N–H and O–H groups in total. The molecule has 0 bridgehead atoms. The summed E-state index contributed by atoms with van der Waals surface area (Å²) in [4.78, 5) is 0. The second-order valence-corrected chi connectivity index (χ2v) is 9.29. The van der Waals surface area contributed by atoms with Crippen LogP contribution in [0, 0.1) is 46.6 Å². The van der Waals surface area contributed by atoms with Gasteiger partial charge >= 0.3 is 0 Å². The average Bonchev–Trinajstić information content (AvgIpc) is 2.73. The Labute approximate surface area is 175 Å². The molecule has 1 aromatic carbocycles. The van der Waals surface area contributed by atoms with Gasteiger partial charge in [-0.15, -0.1) is 0 Å². The molecule has 0 amide bonds. The molecule has 0 saturated heterocycles. The van der Waals surface area contributed by atoms with Crippen LogP contribution in [0.15, 0.2) is 24.3 Å². The lowest BCUT2D eigenvalue weighted by Gasteiger charge is -2.38. The van der Waals surface area contributed by atoms with Crippen LogP contribution in [0.1, 0.15) is 88.7 Å². The highest BCUT2D eigenvalue weighted by atomic mass is 19.1. The average molecular weight is 400 g/mol. The molecule has 0 aromatic heterocycles. The van der Waals surface area contributed by atoms with Crippen LogP contribution in [0.4, 0.5) is 8.78 Å². The van der Waals surface area contributed by atoms with E-state index >= 15 is 0 Å². The number of aryl methyl sites for hydroxylation is 1. The van der Waals surface area contributed by atoms with Gasteiger partial charge in [0.1, 0.15) is 23.3 Å². The summed E-state index contributed by atoms with van der Waals surface area (Å²) < 4.78 is 27.6. The van der Waals surface area contributed by atoms with Crippen molar-refractivity contribution in [3.05, 3.63) is 47.0 Å². The Balaban J connectivity index is 1.38. The Bertz CT molecular complexity index is 694. The smallest absolute Gasteiger partial charge is 0.144 e. The predicted molar refractivity (Wildman–Crippen MR) is 114 cm³/mol. The van der Waals surface area contributed by atoms with E-state index < -0.39 is 17.2 Å². The highest BCUT2D eigenvalue weighted by Gasteiger charge is 2.30. The molecule has 0 atom stereocenters. The number of benzene rings is 1. The lowest BCUT2D eigenvalue weighted by molar-refractivity contribution is 0.141. The van der Waals surface area contributed by atoms with Crippen molar-refractivity contribution >= 4 is 0 Å². The van der Waals surface area contributed by atoms with E-state index in [2.05, 4.69) is 19.1 Å². The Morgan fingerprint density at radius 3 is 1.90 bits per heavy atom. The van der Waals surface area contributed by atoms with Gasteiger partial charge in [-0.3, -0.25) is 0 Å². The van der Waals surface area contributed by atoms with Crippen LogP contribution >= 0.6 is 0 Å². The number of nitriles is 1. The molecule has 2 fully saturated rings. The van der Waals surface area contributed by atoms with Crippen LogP contribution < -0.4 is 0 Å². The fourth-order valence-electron chi connectivity index (χ4n) is 5.64. The molecule has 1 nitrogen and oxygen atoms in total. The highest BCUT2D eigenvalue weighted by molar-refractivity contribution is 5.35. The summed E-state index contributed by atoms with van der Waals surface area (Å²) in [6.07, 6.45) is 19.6. The number of hydrogen-bond donors (Lipinski definition) is 0. The largest absolute Gasteiger partial charge is 0.205 e. The molecule has 3 heteroatoms. The molecular formula is C26H35F2N. The van der Waals surface area contributed by atoms with Crippen molar-refractivity contribution in [1.82, 2.24) is 0 Å². The van der Waals surface area contributed by atoms with E-state index in [-0.39, 0.29) is 0 Å². The van der Waals surface area contributed by atoms with Crippen molar-refractivity contribution in [2.24, 2.45) is 23.7 Å². The summed E-state index contributed by atoms with van der Waals surface area (Å²) >= 11 is 0. The van der Waals surface area contributed by atoms with E-state index in [0.717, 1.165) is 24.2 Å². The quantitative estimate of drug-likeness (QED) is 0.430. The third-order valence-corrected chi connectivity index (χ3v) is 7.48. The van der Waals surface area contributed by atoms with Crippen LogP contribution in [0.2, 0.25) is 0 Å². The first-order valence-corrected chi connectivity index (χ1v) is 11.6. The lowest BCUT2D eigenvalue weighted by Crippen LogP contribution is -2.26. The van der Waals surface area contributed by atoms with Crippen LogP contribution in [-0.4, -0.2) is 0 Å². The first kappa shape index (κ1) is 22.0. The van der Waals surface area contributed by atoms with E-state index in [1.807, 2.05) is 0 Å². The fourth-order valence-corrected chi connectivity index (χ4v) is 5.64. The topological polar surface area (TPSA) is 23.8 Å². The standard InChI is InChI=1S/C26H35F2N/c1-2-3-4-5-19-8-12-22(13-9-19)23-14-10-20(11-15-23)6-7-21-16-25(27)24(18-29)26(28)17-21/h2-3,16-17,19-20,22-23H,4-15H2,1H3/b3-2+. The summed E-state index contributed by atoms with van der Waals surface area (Å²) in [5, 5.41) is 8.79. The molecule has 158 valence electrons. The van der Waals surface area contributed by atoms with Crippen molar-refractivity contribution in [3.8, 4) is 6.07 Å². The van der Waals surface area contributed by atoms with Crippen molar-refractivity contribution < 1.29 is 8.78 Å². The predicted octanol–water partition coefficient (Wildman–Crippen LogP) is 7.74. The minimum atomic E-state index is -0.729. The molecule has 2 saturated carbocycles. The van der Waals surface area contributed by atoms with Gasteiger partial charge in [0, 0.05) is 0 Å². The zero-order valence-corrected chi connectivity index (χ0v) is 17.8. The first-order chi connectivity index (χ1) is 14.1. The van der Waals surface area contributed by atoms with Crippen molar-refractivity contribution in [1.29, 1.82) is 5.26 Å². The number of rotatable bonds is 7. The van der Waals surface area contributed by atoms with E-state index in [9.17, 15) is 8.78 Å². The third-order valence-electron chi connectivity index (χ3n) is 7.48. The number of nitrogens with zero attached hydrogens (tertiary/aromatic N) is 1. The number of hydrogen-bond acceptors (Lipinski definition) is 1. The summed E-state index contributed by atoms with van der Waals surface area (Å²) in [6, 6.07) is 4.27. The fraction of sp³-hybridized carbons (Fsp3) is 0.654. The molecule has 3 rings (SSSR count). The minimum absolute atomic E-state index is 0.467. The molecule has 2 aliphatic carbocycles. The van der Waals surface area contributed by atoms with Gasteiger partial charge in [0.05, 0.1) is 0 Å². The summed E-state index contributed by atoms with van der Waals surface area (Å²) in [7, 11) is 0. The Morgan fingerprint density at radius 1 is 0.897 bits per heavy atom. The Morgan fingerprint density at radius 2 is 1.41 bits per heavy atom.